The third-order valence-corrected chi connectivity index (χ3v) is 5.54. The predicted molar refractivity (Wildman–Crippen MR) is 84.3 cm³/mol. The molecule has 1 rings (SSSR count). The molecule has 10 heteroatoms. The molecular formula is C11H18ClN3O4S2. The maximum absolute atomic E-state index is 11.8. The summed E-state index contributed by atoms with van der Waals surface area (Å²) in [5.74, 6) is 0. The van der Waals surface area contributed by atoms with Gasteiger partial charge in [0.15, 0.2) is 0 Å². The Bertz CT molecular complexity index is 689. The minimum Gasteiger partial charge on any atom is -0.269 e. The van der Waals surface area contributed by atoms with Crippen LogP contribution in [0, 0.1) is 0 Å². The van der Waals surface area contributed by atoms with Crippen molar-refractivity contribution in [2.24, 2.45) is 0 Å². The van der Waals surface area contributed by atoms with Crippen molar-refractivity contribution in [3.63, 3.8) is 0 Å². The molecule has 1 aromatic rings. The van der Waals surface area contributed by atoms with Crippen LogP contribution >= 0.6 is 11.6 Å². The van der Waals surface area contributed by atoms with Gasteiger partial charge >= 0.3 is 0 Å². The van der Waals surface area contributed by atoms with Crippen LogP contribution in [0.1, 0.15) is 0 Å². The highest BCUT2D eigenvalue weighted by Crippen LogP contribution is 2.21. The van der Waals surface area contributed by atoms with E-state index in [1.54, 1.807) is 18.2 Å². The number of halogens is 1. The summed E-state index contributed by atoms with van der Waals surface area (Å²) in [6.07, 6.45) is 1.05. The van der Waals surface area contributed by atoms with E-state index in [4.69, 9.17) is 11.6 Å². The van der Waals surface area contributed by atoms with Gasteiger partial charge in [0.1, 0.15) is 0 Å². The normalized spacial score (nSPS) is 12.6. The molecule has 0 atom stereocenters. The molecule has 0 amide bonds. The van der Waals surface area contributed by atoms with Crippen molar-refractivity contribution in [2.45, 2.75) is 0 Å². The molecule has 0 heterocycles. The smallest absolute Gasteiger partial charge is 0.269 e. The molecule has 1 N–H and O–H groups in total. The summed E-state index contributed by atoms with van der Waals surface area (Å²) in [5.41, 5.74) is 0.383. The predicted octanol–water partition coefficient (Wildman–Crippen LogP) is 0.502. The molecule has 21 heavy (non-hydrogen) atoms. The summed E-state index contributed by atoms with van der Waals surface area (Å²) in [4.78, 5) is 0. The maximum atomic E-state index is 11.8. The van der Waals surface area contributed by atoms with Gasteiger partial charge in [-0.05, 0) is 18.2 Å². The van der Waals surface area contributed by atoms with Crippen LogP contribution in [-0.2, 0) is 20.2 Å². The van der Waals surface area contributed by atoms with E-state index >= 15 is 0 Å². The van der Waals surface area contributed by atoms with E-state index in [0.717, 1.165) is 14.9 Å². The molecule has 0 saturated carbocycles. The first kappa shape index (κ1) is 18.2. The minimum absolute atomic E-state index is 0.0355. The third-order valence-electron chi connectivity index (χ3n) is 2.58. The topological polar surface area (TPSA) is 86.8 Å². The van der Waals surface area contributed by atoms with Crippen LogP contribution in [0.2, 0.25) is 5.02 Å². The second-order valence-electron chi connectivity index (χ2n) is 4.50. The Morgan fingerprint density at radius 2 is 1.81 bits per heavy atom. The van der Waals surface area contributed by atoms with E-state index in [0.29, 0.717) is 10.7 Å². The van der Waals surface area contributed by atoms with Crippen molar-refractivity contribution in [1.29, 1.82) is 0 Å². The van der Waals surface area contributed by atoms with E-state index < -0.39 is 20.2 Å². The summed E-state index contributed by atoms with van der Waals surface area (Å²) in [7, 11) is -4.38. The number of benzene rings is 1. The number of nitrogens with one attached hydrogen (secondary N) is 1. The molecule has 0 saturated heterocycles. The zero-order valence-corrected chi connectivity index (χ0v) is 14.3. The van der Waals surface area contributed by atoms with E-state index in [9.17, 15) is 16.8 Å². The average Bonchev–Trinajstić information content (AvgIpc) is 2.32. The largest absolute Gasteiger partial charge is 0.278 e. The first-order valence-corrected chi connectivity index (χ1v) is 9.61. The molecule has 0 aliphatic heterocycles. The fourth-order valence-corrected chi connectivity index (χ4v) is 3.23. The molecule has 7 nitrogen and oxygen atoms in total. The van der Waals surface area contributed by atoms with Gasteiger partial charge in [0, 0.05) is 32.2 Å². The monoisotopic (exact) mass is 355 g/mol. The number of rotatable bonds is 7. The molecule has 1 aromatic carbocycles. The lowest BCUT2D eigenvalue weighted by Crippen LogP contribution is -2.42. The minimum atomic E-state index is -3.59. The quantitative estimate of drug-likeness (QED) is 0.771. The van der Waals surface area contributed by atoms with Crippen LogP contribution in [-0.4, -0.2) is 54.6 Å². The van der Waals surface area contributed by atoms with Gasteiger partial charge in [-0.25, -0.2) is 13.1 Å². The lowest BCUT2D eigenvalue weighted by molar-refractivity contribution is 0.506. The highest BCUT2D eigenvalue weighted by Gasteiger charge is 2.19. The van der Waals surface area contributed by atoms with Gasteiger partial charge in [0.05, 0.1) is 11.9 Å². The molecule has 0 fully saturated rings. The second-order valence-corrected chi connectivity index (χ2v) is 8.81. The SMILES string of the molecule is CN(C)S(=O)(=O)NCCN(c1cccc(Cl)c1)S(C)(=O)=O. The molecule has 0 spiro atoms. The Hall–Kier alpha value is -0.870. The fraction of sp³-hybridized carbons (Fsp3) is 0.455. The Morgan fingerprint density at radius 1 is 1.19 bits per heavy atom. The molecule has 0 bridgehead atoms. The lowest BCUT2D eigenvalue weighted by Gasteiger charge is -2.23. The number of nitrogens with zero attached hydrogens (tertiary/aromatic N) is 2. The van der Waals surface area contributed by atoms with Crippen LogP contribution in [0.25, 0.3) is 0 Å². The summed E-state index contributed by atoms with van der Waals surface area (Å²) < 4.78 is 51.2. The van der Waals surface area contributed by atoms with E-state index in [-0.39, 0.29) is 13.1 Å². The fourth-order valence-electron chi connectivity index (χ4n) is 1.52. The molecule has 0 aliphatic carbocycles. The highest BCUT2D eigenvalue weighted by atomic mass is 35.5. The van der Waals surface area contributed by atoms with Crippen LogP contribution in [0.3, 0.4) is 0 Å². The van der Waals surface area contributed by atoms with Gasteiger partial charge in [-0.3, -0.25) is 4.31 Å². The number of anilines is 1. The molecule has 120 valence electrons. The molecule has 0 aromatic heterocycles. The van der Waals surface area contributed by atoms with Gasteiger partial charge in [-0.2, -0.15) is 12.7 Å². The van der Waals surface area contributed by atoms with Crippen molar-refractivity contribution < 1.29 is 16.8 Å². The Morgan fingerprint density at radius 3 is 2.29 bits per heavy atom. The molecule has 0 unspecified atom stereocenters. The van der Waals surface area contributed by atoms with Gasteiger partial charge in [0.2, 0.25) is 10.0 Å². The Balaban J connectivity index is 2.88. The van der Waals surface area contributed by atoms with Crippen molar-refractivity contribution in [3.8, 4) is 0 Å². The van der Waals surface area contributed by atoms with Crippen molar-refractivity contribution >= 4 is 37.5 Å². The van der Waals surface area contributed by atoms with Gasteiger partial charge < -0.3 is 0 Å². The first-order valence-electron chi connectivity index (χ1n) is 5.94. The number of sulfonamides is 1. The maximum Gasteiger partial charge on any atom is 0.278 e. The van der Waals surface area contributed by atoms with Crippen LogP contribution in [0.15, 0.2) is 24.3 Å². The Kier molecular flexibility index (Phi) is 6.00. The summed E-state index contributed by atoms with van der Waals surface area (Å²) in [6, 6.07) is 6.34. The molecule has 0 aliphatic rings. The van der Waals surface area contributed by atoms with Crippen molar-refractivity contribution in [1.82, 2.24) is 9.03 Å². The second kappa shape index (κ2) is 6.93. The standard InChI is InChI=1S/C11H18ClN3O4S2/c1-14(2)21(18,19)13-7-8-15(20(3,16)17)11-6-4-5-10(12)9-11/h4-6,9,13H,7-8H2,1-3H3. The van der Waals surface area contributed by atoms with Gasteiger partial charge in [-0.1, -0.05) is 17.7 Å². The lowest BCUT2D eigenvalue weighted by atomic mass is 10.3. The zero-order chi connectivity index (χ0) is 16.3. The van der Waals surface area contributed by atoms with Crippen LogP contribution in [0.4, 0.5) is 5.69 Å². The van der Waals surface area contributed by atoms with Gasteiger partial charge in [-0.15, -0.1) is 0 Å². The van der Waals surface area contributed by atoms with Crippen molar-refractivity contribution in [3.05, 3.63) is 29.3 Å². The van der Waals surface area contributed by atoms with E-state index in [1.807, 2.05) is 0 Å². The highest BCUT2D eigenvalue weighted by molar-refractivity contribution is 7.92. The summed E-state index contributed by atoms with van der Waals surface area (Å²) >= 11 is 5.85. The first-order chi connectivity index (χ1) is 9.54. The molecular weight excluding hydrogens is 338 g/mol. The third kappa shape index (κ3) is 5.44. The number of hydrogen-bond acceptors (Lipinski definition) is 4. The summed E-state index contributed by atoms with van der Waals surface area (Å²) in [6.45, 7) is -0.0909. The van der Waals surface area contributed by atoms with Crippen molar-refractivity contribution in [2.75, 3.05) is 37.7 Å². The van der Waals surface area contributed by atoms with Gasteiger partial charge in [0.25, 0.3) is 10.2 Å². The molecule has 0 radical (unpaired) electrons. The van der Waals surface area contributed by atoms with Crippen LogP contribution < -0.4 is 9.03 Å². The summed E-state index contributed by atoms with van der Waals surface area (Å²) in [5, 5.41) is 0.398. The average molecular weight is 356 g/mol. The Labute approximate surface area is 130 Å². The van der Waals surface area contributed by atoms with Crippen LogP contribution in [0.5, 0.6) is 0 Å². The van der Waals surface area contributed by atoms with E-state index in [2.05, 4.69) is 4.72 Å². The number of hydrogen-bond donors (Lipinski definition) is 1. The zero-order valence-electron chi connectivity index (χ0n) is 11.9. The van der Waals surface area contributed by atoms with E-state index in [1.165, 1.54) is 20.2 Å².